The van der Waals surface area contributed by atoms with Gasteiger partial charge >= 0.3 is 0 Å². The topological polar surface area (TPSA) is 84.6 Å². The summed E-state index contributed by atoms with van der Waals surface area (Å²) in [6.07, 6.45) is 1.64. The number of aryl methyl sites for hydroxylation is 2. The maximum Gasteiger partial charge on any atom is 0.226 e. The molecular formula is C20H32IN5O2. The van der Waals surface area contributed by atoms with Crippen LogP contribution in [0.4, 0.5) is 0 Å². The minimum Gasteiger partial charge on any atom is -0.493 e. The van der Waals surface area contributed by atoms with Gasteiger partial charge in [-0.1, -0.05) is 31.1 Å². The van der Waals surface area contributed by atoms with Gasteiger partial charge in [-0.15, -0.1) is 24.0 Å². The van der Waals surface area contributed by atoms with Crippen molar-refractivity contribution in [2.75, 3.05) is 20.2 Å². The molecule has 1 atom stereocenters. The lowest BCUT2D eigenvalue weighted by Crippen LogP contribution is -2.39. The Bertz CT molecular complexity index is 716. The standard InChI is InChI=1S/C20H31N5O2.HI/c1-14(2)13-26-18-10-8-17(9-11-18)15(3)23-20(21-5)22-12-6-7-19-24-16(4)25-27-19;/h8-11,14-15H,6-7,12-13H2,1-5H3,(H2,21,22,23);1H. The van der Waals surface area contributed by atoms with Crippen LogP contribution >= 0.6 is 24.0 Å². The minimum atomic E-state index is 0. The van der Waals surface area contributed by atoms with Crippen LogP contribution in [0, 0.1) is 12.8 Å². The van der Waals surface area contributed by atoms with Gasteiger partial charge < -0.3 is 19.9 Å². The highest BCUT2D eigenvalue weighted by molar-refractivity contribution is 14.0. The molecular weight excluding hydrogens is 469 g/mol. The molecule has 0 saturated carbocycles. The molecule has 0 aliphatic rings. The van der Waals surface area contributed by atoms with E-state index < -0.39 is 0 Å². The number of hydrogen-bond acceptors (Lipinski definition) is 5. The number of nitrogens with one attached hydrogen (secondary N) is 2. The number of aliphatic imine (C=N–C) groups is 1. The molecule has 0 bridgehead atoms. The van der Waals surface area contributed by atoms with Gasteiger partial charge in [-0.05, 0) is 43.9 Å². The summed E-state index contributed by atoms with van der Waals surface area (Å²) in [7, 11) is 1.77. The van der Waals surface area contributed by atoms with Crippen molar-refractivity contribution in [3.05, 3.63) is 41.5 Å². The second-order valence-corrected chi connectivity index (χ2v) is 6.98. The molecule has 0 aliphatic carbocycles. The number of hydrogen-bond donors (Lipinski definition) is 2. The highest BCUT2D eigenvalue weighted by Gasteiger charge is 2.09. The van der Waals surface area contributed by atoms with E-state index in [2.05, 4.69) is 58.7 Å². The predicted octanol–water partition coefficient (Wildman–Crippen LogP) is 3.89. The van der Waals surface area contributed by atoms with Crippen LogP contribution in [-0.2, 0) is 6.42 Å². The van der Waals surface area contributed by atoms with Crippen LogP contribution in [0.5, 0.6) is 5.75 Å². The van der Waals surface area contributed by atoms with Gasteiger partial charge in [0, 0.05) is 20.0 Å². The molecule has 0 saturated heterocycles. The molecule has 156 valence electrons. The fraction of sp³-hybridized carbons (Fsp3) is 0.550. The van der Waals surface area contributed by atoms with Crippen LogP contribution in [-0.4, -0.2) is 36.3 Å². The van der Waals surface area contributed by atoms with Gasteiger partial charge in [0.2, 0.25) is 5.89 Å². The first-order valence-corrected chi connectivity index (χ1v) is 9.47. The van der Waals surface area contributed by atoms with Crippen LogP contribution in [0.25, 0.3) is 0 Å². The molecule has 28 heavy (non-hydrogen) atoms. The van der Waals surface area contributed by atoms with Crippen LogP contribution in [0.3, 0.4) is 0 Å². The smallest absolute Gasteiger partial charge is 0.226 e. The maximum atomic E-state index is 5.73. The van der Waals surface area contributed by atoms with E-state index in [1.807, 2.05) is 19.1 Å². The van der Waals surface area contributed by atoms with Gasteiger partial charge in [-0.25, -0.2) is 0 Å². The van der Waals surface area contributed by atoms with E-state index in [1.54, 1.807) is 7.05 Å². The number of nitrogens with zero attached hydrogens (tertiary/aromatic N) is 3. The summed E-state index contributed by atoms with van der Waals surface area (Å²) < 4.78 is 10.8. The quantitative estimate of drug-likeness (QED) is 0.235. The summed E-state index contributed by atoms with van der Waals surface area (Å²) in [6, 6.07) is 8.32. The van der Waals surface area contributed by atoms with Crippen molar-refractivity contribution in [1.82, 2.24) is 20.8 Å². The number of rotatable bonds is 9. The Hall–Kier alpha value is -1.84. The Morgan fingerprint density at radius 3 is 2.50 bits per heavy atom. The van der Waals surface area contributed by atoms with Crippen LogP contribution in [0.15, 0.2) is 33.8 Å². The van der Waals surface area contributed by atoms with Crippen molar-refractivity contribution in [2.24, 2.45) is 10.9 Å². The van der Waals surface area contributed by atoms with Crippen molar-refractivity contribution in [2.45, 2.75) is 46.6 Å². The van der Waals surface area contributed by atoms with Crippen molar-refractivity contribution in [3.63, 3.8) is 0 Å². The summed E-state index contributed by atoms with van der Waals surface area (Å²) in [5.41, 5.74) is 1.18. The normalized spacial score (nSPS) is 12.4. The molecule has 0 spiro atoms. The molecule has 8 heteroatoms. The molecule has 0 amide bonds. The Labute approximate surface area is 184 Å². The average molecular weight is 501 g/mol. The van der Waals surface area contributed by atoms with Gasteiger partial charge in [0.1, 0.15) is 5.75 Å². The molecule has 2 rings (SSSR count). The molecule has 7 nitrogen and oxygen atoms in total. The van der Waals surface area contributed by atoms with Gasteiger partial charge in [0.25, 0.3) is 0 Å². The van der Waals surface area contributed by atoms with Crippen molar-refractivity contribution in [1.29, 1.82) is 0 Å². The van der Waals surface area contributed by atoms with E-state index >= 15 is 0 Å². The number of aromatic nitrogens is 2. The molecule has 0 aliphatic heterocycles. The lowest BCUT2D eigenvalue weighted by atomic mass is 10.1. The first-order chi connectivity index (χ1) is 13.0. The van der Waals surface area contributed by atoms with Crippen LogP contribution in [0.2, 0.25) is 0 Å². The number of ether oxygens (including phenoxy) is 1. The largest absolute Gasteiger partial charge is 0.493 e. The van der Waals surface area contributed by atoms with E-state index in [4.69, 9.17) is 9.26 Å². The monoisotopic (exact) mass is 501 g/mol. The molecule has 1 unspecified atom stereocenters. The van der Waals surface area contributed by atoms with Gasteiger partial charge in [0.05, 0.1) is 12.6 Å². The summed E-state index contributed by atoms with van der Waals surface area (Å²) in [4.78, 5) is 8.49. The Balaban J connectivity index is 0.00000392. The third-order valence-electron chi connectivity index (χ3n) is 3.97. The molecule has 1 heterocycles. The first-order valence-electron chi connectivity index (χ1n) is 9.47. The second-order valence-electron chi connectivity index (χ2n) is 6.98. The Morgan fingerprint density at radius 2 is 1.93 bits per heavy atom. The Kier molecular flexibility index (Phi) is 10.9. The van der Waals surface area contributed by atoms with E-state index in [-0.39, 0.29) is 30.0 Å². The first kappa shape index (κ1) is 24.2. The molecule has 0 fully saturated rings. The van der Waals surface area contributed by atoms with Gasteiger partial charge in [-0.3, -0.25) is 4.99 Å². The lowest BCUT2D eigenvalue weighted by Gasteiger charge is -2.18. The summed E-state index contributed by atoms with van der Waals surface area (Å²) >= 11 is 0. The van der Waals surface area contributed by atoms with Crippen molar-refractivity contribution in [3.8, 4) is 5.75 Å². The van der Waals surface area contributed by atoms with E-state index in [1.165, 1.54) is 5.56 Å². The van der Waals surface area contributed by atoms with Crippen molar-refractivity contribution < 1.29 is 9.26 Å². The fourth-order valence-corrected chi connectivity index (χ4v) is 2.49. The molecule has 2 N–H and O–H groups in total. The number of guanidine groups is 1. The predicted molar refractivity (Wildman–Crippen MR) is 122 cm³/mol. The molecule has 2 aromatic rings. The SMILES string of the molecule is CN=C(NCCCc1nc(C)no1)NC(C)c1ccc(OCC(C)C)cc1.I. The number of benzene rings is 1. The van der Waals surface area contributed by atoms with Gasteiger partial charge in [0.15, 0.2) is 11.8 Å². The zero-order valence-electron chi connectivity index (χ0n) is 17.4. The van der Waals surface area contributed by atoms with E-state index in [0.717, 1.165) is 37.7 Å². The summed E-state index contributed by atoms with van der Waals surface area (Å²) in [5.74, 6) is 3.53. The third kappa shape index (κ3) is 8.45. The molecule has 1 aromatic heterocycles. The highest BCUT2D eigenvalue weighted by Crippen LogP contribution is 2.18. The van der Waals surface area contributed by atoms with E-state index in [9.17, 15) is 0 Å². The van der Waals surface area contributed by atoms with Crippen LogP contribution < -0.4 is 15.4 Å². The minimum absolute atomic E-state index is 0. The lowest BCUT2D eigenvalue weighted by molar-refractivity contribution is 0.271. The Morgan fingerprint density at radius 1 is 1.21 bits per heavy atom. The average Bonchev–Trinajstić information content (AvgIpc) is 3.07. The zero-order chi connectivity index (χ0) is 19.6. The molecule has 0 radical (unpaired) electrons. The molecule has 1 aromatic carbocycles. The zero-order valence-corrected chi connectivity index (χ0v) is 19.7. The van der Waals surface area contributed by atoms with Crippen molar-refractivity contribution >= 4 is 29.9 Å². The second kappa shape index (κ2) is 12.6. The van der Waals surface area contributed by atoms with Gasteiger partial charge in [-0.2, -0.15) is 4.98 Å². The summed E-state index contributed by atoms with van der Waals surface area (Å²) in [6.45, 7) is 9.71. The number of halogens is 1. The summed E-state index contributed by atoms with van der Waals surface area (Å²) in [5, 5.41) is 10.5. The maximum absolute atomic E-state index is 5.73. The highest BCUT2D eigenvalue weighted by atomic mass is 127. The third-order valence-corrected chi connectivity index (χ3v) is 3.97. The fourth-order valence-electron chi connectivity index (χ4n) is 2.49. The van der Waals surface area contributed by atoms with Crippen LogP contribution in [0.1, 0.15) is 50.5 Å². The van der Waals surface area contributed by atoms with E-state index in [0.29, 0.717) is 17.6 Å².